The van der Waals surface area contributed by atoms with Crippen LogP contribution < -0.4 is 5.73 Å². The molecule has 1 aromatic rings. The molecule has 0 radical (unpaired) electrons. The molecule has 0 aliphatic rings. The Morgan fingerprint density at radius 2 is 1.76 bits per heavy atom. The molecule has 0 saturated carbocycles. The van der Waals surface area contributed by atoms with Crippen LogP contribution >= 0.6 is 12.4 Å². The lowest BCUT2D eigenvalue weighted by Crippen LogP contribution is -2.39. The maximum atomic E-state index is 12.1. The van der Waals surface area contributed by atoms with Crippen molar-refractivity contribution in [2.45, 2.75) is 24.8 Å². The summed E-state index contributed by atoms with van der Waals surface area (Å²) in [6.07, 6.45) is 0. The van der Waals surface area contributed by atoms with E-state index in [1.807, 2.05) is 6.92 Å². The van der Waals surface area contributed by atoms with Crippen LogP contribution in [-0.2, 0) is 10.0 Å². The maximum absolute atomic E-state index is 12.1. The SMILES string of the molecule is Cc1ccc(S(=O)(=O)N(C)C(C)CN)cc1.Cl. The Morgan fingerprint density at radius 3 is 2.18 bits per heavy atom. The number of sulfonamides is 1. The van der Waals surface area contributed by atoms with Crippen LogP contribution in [0.5, 0.6) is 0 Å². The highest BCUT2D eigenvalue weighted by Crippen LogP contribution is 2.16. The lowest BCUT2D eigenvalue weighted by molar-refractivity contribution is 0.394. The van der Waals surface area contributed by atoms with Crippen molar-refractivity contribution >= 4 is 22.4 Å². The average Bonchev–Trinajstić information content (AvgIpc) is 2.27. The highest BCUT2D eigenvalue weighted by atomic mass is 35.5. The number of benzene rings is 1. The minimum atomic E-state index is -3.41. The molecule has 0 aliphatic heterocycles. The average molecular weight is 279 g/mol. The van der Waals surface area contributed by atoms with E-state index in [2.05, 4.69) is 0 Å². The zero-order valence-electron chi connectivity index (χ0n) is 10.3. The van der Waals surface area contributed by atoms with Crippen LogP contribution in [0.1, 0.15) is 12.5 Å². The van der Waals surface area contributed by atoms with Gasteiger partial charge < -0.3 is 5.73 Å². The molecule has 17 heavy (non-hydrogen) atoms. The topological polar surface area (TPSA) is 63.4 Å². The van der Waals surface area contributed by atoms with Crippen LogP contribution in [0, 0.1) is 6.92 Å². The first-order valence-electron chi connectivity index (χ1n) is 5.14. The molecule has 98 valence electrons. The number of rotatable bonds is 4. The largest absolute Gasteiger partial charge is 0.329 e. The van der Waals surface area contributed by atoms with Crippen molar-refractivity contribution < 1.29 is 8.42 Å². The second-order valence-corrected chi connectivity index (χ2v) is 5.92. The van der Waals surface area contributed by atoms with Gasteiger partial charge in [0.05, 0.1) is 4.90 Å². The summed E-state index contributed by atoms with van der Waals surface area (Å²) in [5.74, 6) is 0. The van der Waals surface area contributed by atoms with E-state index in [9.17, 15) is 8.42 Å². The van der Waals surface area contributed by atoms with E-state index in [-0.39, 0.29) is 18.4 Å². The Labute approximate surface area is 109 Å². The molecule has 4 nitrogen and oxygen atoms in total. The second-order valence-electron chi connectivity index (χ2n) is 3.92. The Morgan fingerprint density at radius 1 is 1.29 bits per heavy atom. The molecule has 0 aromatic heterocycles. The number of likely N-dealkylation sites (N-methyl/N-ethyl adjacent to an activating group) is 1. The fourth-order valence-electron chi connectivity index (χ4n) is 1.26. The highest BCUT2D eigenvalue weighted by Gasteiger charge is 2.24. The van der Waals surface area contributed by atoms with Crippen LogP contribution in [-0.4, -0.2) is 32.4 Å². The molecule has 0 aliphatic carbocycles. The van der Waals surface area contributed by atoms with Crippen molar-refractivity contribution in [3.63, 3.8) is 0 Å². The van der Waals surface area contributed by atoms with Crippen molar-refractivity contribution in [2.24, 2.45) is 5.73 Å². The minimum Gasteiger partial charge on any atom is -0.329 e. The van der Waals surface area contributed by atoms with Gasteiger partial charge in [-0.15, -0.1) is 12.4 Å². The zero-order chi connectivity index (χ0) is 12.3. The monoisotopic (exact) mass is 278 g/mol. The summed E-state index contributed by atoms with van der Waals surface area (Å²) >= 11 is 0. The molecule has 0 spiro atoms. The van der Waals surface area contributed by atoms with Gasteiger partial charge >= 0.3 is 0 Å². The van der Waals surface area contributed by atoms with Gasteiger partial charge in [0.25, 0.3) is 0 Å². The molecular formula is C11H19ClN2O2S. The number of nitrogens with zero attached hydrogens (tertiary/aromatic N) is 1. The van der Waals surface area contributed by atoms with E-state index in [1.54, 1.807) is 38.2 Å². The number of nitrogens with two attached hydrogens (primary N) is 1. The second kappa shape index (κ2) is 6.35. The van der Waals surface area contributed by atoms with Gasteiger partial charge in [0, 0.05) is 19.6 Å². The molecule has 0 bridgehead atoms. The molecule has 1 aromatic carbocycles. The van der Waals surface area contributed by atoms with Gasteiger partial charge in [0.15, 0.2) is 0 Å². The molecule has 1 unspecified atom stereocenters. The van der Waals surface area contributed by atoms with E-state index in [0.29, 0.717) is 11.4 Å². The number of halogens is 1. The van der Waals surface area contributed by atoms with Gasteiger partial charge in [-0.2, -0.15) is 4.31 Å². The van der Waals surface area contributed by atoms with Crippen molar-refractivity contribution in [1.82, 2.24) is 4.31 Å². The minimum absolute atomic E-state index is 0. The van der Waals surface area contributed by atoms with Gasteiger partial charge in [0.1, 0.15) is 0 Å². The molecule has 2 N–H and O–H groups in total. The molecule has 0 fully saturated rings. The first kappa shape index (κ1) is 16.4. The van der Waals surface area contributed by atoms with Crippen LogP contribution in [0.25, 0.3) is 0 Å². The summed E-state index contributed by atoms with van der Waals surface area (Å²) < 4.78 is 25.5. The van der Waals surface area contributed by atoms with Gasteiger partial charge in [0.2, 0.25) is 10.0 Å². The lowest BCUT2D eigenvalue weighted by atomic mass is 10.2. The predicted octanol–water partition coefficient (Wildman–Crippen LogP) is 1.38. The van der Waals surface area contributed by atoms with E-state index in [4.69, 9.17) is 5.73 Å². The van der Waals surface area contributed by atoms with E-state index in [0.717, 1.165) is 5.56 Å². The summed E-state index contributed by atoms with van der Waals surface area (Å²) in [5.41, 5.74) is 6.50. The van der Waals surface area contributed by atoms with Gasteiger partial charge in [-0.25, -0.2) is 8.42 Å². The van der Waals surface area contributed by atoms with Gasteiger partial charge in [-0.05, 0) is 26.0 Å². The summed E-state index contributed by atoms with van der Waals surface area (Å²) in [4.78, 5) is 0.306. The van der Waals surface area contributed by atoms with Crippen molar-refractivity contribution in [2.75, 3.05) is 13.6 Å². The third-order valence-electron chi connectivity index (χ3n) is 2.66. The number of hydrogen-bond acceptors (Lipinski definition) is 3. The molecule has 1 atom stereocenters. The third-order valence-corrected chi connectivity index (χ3v) is 4.65. The maximum Gasteiger partial charge on any atom is 0.243 e. The van der Waals surface area contributed by atoms with Gasteiger partial charge in [-0.1, -0.05) is 17.7 Å². The van der Waals surface area contributed by atoms with E-state index < -0.39 is 10.0 Å². The summed E-state index contributed by atoms with van der Waals surface area (Å²) in [6.45, 7) is 4.01. The van der Waals surface area contributed by atoms with Crippen LogP contribution in [0.15, 0.2) is 29.2 Å². The summed E-state index contributed by atoms with van der Waals surface area (Å²) in [7, 11) is -1.87. The molecular weight excluding hydrogens is 260 g/mol. The predicted molar refractivity (Wildman–Crippen MR) is 71.9 cm³/mol. The molecule has 0 amide bonds. The van der Waals surface area contributed by atoms with Crippen LogP contribution in [0.3, 0.4) is 0 Å². The Kier molecular flexibility index (Phi) is 6.12. The van der Waals surface area contributed by atoms with Gasteiger partial charge in [-0.3, -0.25) is 0 Å². The molecule has 0 heterocycles. The Hall–Kier alpha value is -0.620. The van der Waals surface area contributed by atoms with E-state index in [1.165, 1.54) is 4.31 Å². The summed E-state index contributed by atoms with van der Waals surface area (Å²) in [6, 6.07) is 6.60. The summed E-state index contributed by atoms with van der Waals surface area (Å²) in [5, 5.41) is 0. The van der Waals surface area contributed by atoms with Crippen LogP contribution in [0.4, 0.5) is 0 Å². The zero-order valence-corrected chi connectivity index (χ0v) is 11.9. The van der Waals surface area contributed by atoms with Crippen molar-refractivity contribution in [3.05, 3.63) is 29.8 Å². The Bertz CT molecular complexity index is 445. The standard InChI is InChI=1S/C11H18N2O2S.ClH/c1-9-4-6-11(7-5-9)16(14,15)13(3)10(2)8-12;/h4-7,10H,8,12H2,1-3H3;1H. The highest BCUT2D eigenvalue weighted by molar-refractivity contribution is 7.89. The number of aryl methyl sites for hydroxylation is 1. The first-order valence-corrected chi connectivity index (χ1v) is 6.58. The van der Waals surface area contributed by atoms with Crippen molar-refractivity contribution in [3.8, 4) is 0 Å². The molecule has 6 heteroatoms. The fourth-order valence-corrected chi connectivity index (χ4v) is 2.63. The Balaban J connectivity index is 0.00000256. The lowest BCUT2D eigenvalue weighted by Gasteiger charge is -2.22. The molecule has 1 rings (SSSR count). The van der Waals surface area contributed by atoms with E-state index >= 15 is 0 Å². The normalized spacial score (nSPS) is 13.2. The molecule has 0 saturated heterocycles. The number of hydrogen-bond donors (Lipinski definition) is 1. The van der Waals surface area contributed by atoms with Crippen LogP contribution in [0.2, 0.25) is 0 Å². The third kappa shape index (κ3) is 3.67. The first-order chi connectivity index (χ1) is 7.39. The smallest absolute Gasteiger partial charge is 0.243 e. The van der Waals surface area contributed by atoms with Crippen molar-refractivity contribution in [1.29, 1.82) is 0 Å². The fraction of sp³-hybridized carbons (Fsp3) is 0.455. The quantitative estimate of drug-likeness (QED) is 0.905.